The first kappa shape index (κ1) is 20.4. The number of rotatable bonds is 8. The number of carbonyl (C=O) groups excluding carboxylic acids is 2. The van der Waals surface area contributed by atoms with Gasteiger partial charge in [0.05, 0.1) is 0 Å². The molecule has 1 aliphatic carbocycles. The van der Waals surface area contributed by atoms with Gasteiger partial charge in [0.25, 0.3) is 0 Å². The highest BCUT2D eigenvalue weighted by atomic mass is 19.1. The van der Waals surface area contributed by atoms with Gasteiger partial charge in [-0.25, -0.2) is 4.39 Å². The molecule has 0 spiro atoms. The van der Waals surface area contributed by atoms with Crippen molar-refractivity contribution in [1.29, 1.82) is 0 Å². The number of hydrogen-bond donors (Lipinski definition) is 1. The number of halogens is 1. The van der Waals surface area contributed by atoms with Gasteiger partial charge in [0.15, 0.2) is 0 Å². The third kappa shape index (κ3) is 6.11. The minimum atomic E-state index is -0.246. The molecule has 0 heterocycles. The van der Waals surface area contributed by atoms with Crippen LogP contribution in [0.25, 0.3) is 0 Å². The lowest BCUT2D eigenvalue weighted by atomic mass is 9.81. The van der Waals surface area contributed by atoms with Crippen LogP contribution in [0.1, 0.15) is 51.0 Å². The van der Waals surface area contributed by atoms with E-state index in [1.165, 1.54) is 12.1 Å². The number of benzene rings is 1. The predicted octanol–water partition coefficient (Wildman–Crippen LogP) is 3.55. The lowest BCUT2D eigenvalue weighted by Crippen LogP contribution is -2.39. The zero-order valence-corrected chi connectivity index (χ0v) is 16.0. The summed E-state index contributed by atoms with van der Waals surface area (Å²) in [5.74, 6) is 0.142. The van der Waals surface area contributed by atoms with Gasteiger partial charge >= 0.3 is 0 Å². The van der Waals surface area contributed by atoms with Gasteiger partial charge in [0, 0.05) is 32.0 Å². The van der Waals surface area contributed by atoms with E-state index in [1.807, 2.05) is 11.9 Å². The fraction of sp³-hybridized carbons (Fsp3) is 0.619. The maximum atomic E-state index is 12.9. The summed E-state index contributed by atoms with van der Waals surface area (Å²) >= 11 is 0. The molecule has 0 atom stereocenters. The normalized spacial score (nSPS) is 19.8. The molecule has 5 heteroatoms. The van der Waals surface area contributed by atoms with Crippen molar-refractivity contribution in [1.82, 2.24) is 10.2 Å². The van der Waals surface area contributed by atoms with Crippen molar-refractivity contribution >= 4 is 11.8 Å². The van der Waals surface area contributed by atoms with Crippen molar-refractivity contribution < 1.29 is 14.0 Å². The molecule has 1 N–H and O–H groups in total. The van der Waals surface area contributed by atoms with Crippen LogP contribution in [0.3, 0.4) is 0 Å². The summed E-state index contributed by atoms with van der Waals surface area (Å²) in [6.45, 7) is 3.50. The van der Waals surface area contributed by atoms with Gasteiger partial charge in [-0.2, -0.15) is 0 Å². The summed E-state index contributed by atoms with van der Waals surface area (Å²) in [5, 5.41) is 2.98. The van der Waals surface area contributed by atoms with Gasteiger partial charge in [-0.1, -0.05) is 25.5 Å². The zero-order valence-electron chi connectivity index (χ0n) is 16.0. The Labute approximate surface area is 156 Å². The molecule has 0 radical (unpaired) electrons. The van der Waals surface area contributed by atoms with Gasteiger partial charge in [-0.15, -0.1) is 0 Å². The van der Waals surface area contributed by atoms with Crippen LogP contribution < -0.4 is 5.32 Å². The Morgan fingerprint density at radius 1 is 1.12 bits per heavy atom. The average Bonchev–Trinajstić information content (AvgIpc) is 2.67. The third-order valence-corrected chi connectivity index (χ3v) is 5.30. The van der Waals surface area contributed by atoms with Gasteiger partial charge in [0.1, 0.15) is 5.82 Å². The van der Waals surface area contributed by atoms with Crippen LogP contribution in [-0.4, -0.2) is 36.9 Å². The quantitative estimate of drug-likeness (QED) is 0.769. The summed E-state index contributed by atoms with van der Waals surface area (Å²) in [6.07, 6.45) is 5.97. The summed E-state index contributed by atoms with van der Waals surface area (Å²) in [7, 11) is 1.88. The first-order valence-corrected chi connectivity index (χ1v) is 9.78. The van der Waals surface area contributed by atoms with Gasteiger partial charge in [0.2, 0.25) is 11.8 Å². The van der Waals surface area contributed by atoms with Crippen LogP contribution in [0, 0.1) is 17.7 Å². The second kappa shape index (κ2) is 10.3. The molecule has 0 unspecified atom stereocenters. The predicted molar refractivity (Wildman–Crippen MR) is 101 cm³/mol. The Morgan fingerprint density at radius 3 is 2.35 bits per heavy atom. The molecule has 1 saturated carbocycles. The molecule has 1 fully saturated rings. The van der Waals surface area contributed by atoms with E-state index in [1.54, 1.807) is 12.1 Å². The lowest BCUT2D eigenvalue weighted by molar-refractivity contribution is -0.137. The van der Waals surface area contributed by atoms with Crippen molar-refractivity contribution in [3.05, 3.63) is 35.6 Å². The Kier molecular flexibility index (Phi) is 8.07. The molecule has 26 heavy (non-hydrogen) atoms. The summed E-state index contributed by atoms with van der Waals surface area (Å²) in [6, 6.07) is 6.36. The monoisotopic (exact) mass is 362 g/mol. The Bertz CT molecular complexity index is 580. The lowest BCUT2D eigenvalue weighted by Gasteiger charge is -2.30. The van der Waals surface area contributed by atoms with E-state index >= 15 is 0 Å². The zero-order chi connectivity index (χ0) is 18.9. The fourth-order valence-electron chi connectivity index (χ4n) is 3.55. The Balaban J connectivity index is 1.69. The van der Waals surface area contributed by atoms with E-state index < -0.39 is 0 Å². The van der Waals surface area contributed by atoms with Gasteiger partial charge in [-0.3, -0.25) is 9.59 Å². The maximum Gasteiger partial charge on any atom is 0.225 e. The molecule has 0 aromatic heterocycles. The number of amides is 2. The molecule has 1 aromatic carbocycles. The second-order valence-electron chi connectivity index (χ2n) is 7.33. The van der Waals surface area contributed by atoms with Crippen LogP contribution in [0.5, 0.6) is 0 Å². The molecular weight excluding hydrogens is 331 g/mol. The van der Waals surface area contributed by atoms with Crippen LogP contribution in [0.2, 0.25) is 0 Å². The SMILES string of the molecule is CCCCN(C)C(=O)C1CCC(C(=O)NCCc2ccc(F)cc2)CC1. The van der Waals surface area contributed by atoms with Crippen molar-refractivity contribution in [2.24, 2.45) is 11.8 Å². The van der Waals surface area contributed by atoms with Crippen LogP contribution in [-0.2, 0) is 16.0 Å². The Morgan fingerprint density at radius 2 is 1.73 bits per heavy atom. The summed E-state index contributed by atoms with van der Waals surface area (Å²) in [4.78, 5) is 26.6. The maximum absolute atomic E-state index is 12.9. The number of nitrogens with zero attached hydrogens (tertiary/aromatic N) is 1. The highest BCUT2D eigenvalue weighted by molar-refractivity contribution is 5.81. The van der Waals surface area contributed by atoms with Crippen LogP contribution >= 0.6 is 0 Å². The first-order valence-electron chi connectivity index (χ1n) is 9.78. The third-order valence-electron chi connectivity index (χ3n) is 5.30. The van der Waals surface area contributed by atoms with Crippen LogP contribution in [0.4, 0.5) is 4.39 Å². The van der Waals surface area contributed by atoms with E-state index in [4.69, 9.17) is 0 Å². The van der Waals surface area contributed by atoms with Crippen molar-refractivity contribution in [2.75, 3.05) is 20.1 Å². The molecule has 1 aliphatic rings. The summed E-state index contributed by atoms with van der Waals surface area (Å²) in [5.41, 5.74) is 1.01. The van der Waals surface area contributed by atoms with E-state index in [0.29, 0.717) is 13.0 Å². The number of nitrogens with one attached hydrogen (secondary N) is 1. The minimum absolute atomic E-state index is 0.00761. The molecule has 2 amide bonds. The fourth-order valence-corrected chi connectivity index (χ4v) is 3.55. The minimum Gasteiger partial charge on any atom is -0.356 e. The molecule has 0 aliphatic heterocycles. The molecule has 4 nitrogen and oxygen atoms in total. The molecule has 2 rings (SSSR count). The van der Waals surface area contributed by atoms with Crippen LogP contribution in [0.15, 0.2) is 24.3 Å². The van der Waals surface area contributed by atoms with E-state index in [-0.39, 0.29) is 29.5 Å². The Hall–Kier alpha value is -1.91. The highest BCUT2D eigenvalue weighted by Crippen LogP contribution is 2.30. The second-order valence-corrected chi connectivity index (χ2v) is 7.33. The number of carbonyl (C=O) groups is 2. The van der Waals surface area contributed by atoms with E-state index in [0.717, 1.165) is 50.6 Å². The standard InChI is InChI=1S/C21H31FN2O2/c1-3-4-15-24(2)21(26)18-9-7-17(8-10-18)20(25)23-14-13-16-5-11-19(22)12-6-16/h5-6,11-12,17-18H,3-4,7-10,13-15H2,1-2H3,(H,23,25). The van der Waals surface area contributed by atoms with Gasteiger partial charge in [-0.05, 0) is 56.2 Å². The smallest absolute Gasteiger partial charge is 0.225 e. The highest BCUT2D eigenvalue weighted by Gasteiger charge is 2.30. The molecule has 144 valence electrons. The topological polar surface area (TPSA) is 49.4 Å². The molecule has 1 aromatic rings. The van der Waals surface area contributed by atoms with E-state index in [9.17, 15) is 14.0 Å². The first-order chi connectivity index (χ1) is 12.5. The van der Waals surface area contributed by atoms with E-state index in [2.05, 4.69) is 12.2 Å². The van der Waals surface area contributed by atoms with Crippen molar-refractivity contribution in [3.63, 3.8) is 0 Å². The molecular formula is C21H31FN2O2. The number of hydrogen-bond acceptors (Lipinski definition) is 2. The number of unbranched alkanes of at least 4 members (excludes halogenated alkanes) is 1. The van der Waals surface area contributed by atoms with Crippen molar-refractivity contribution in [2.45, 2.75) is 51.9 Å². The average molecular weight is 362 g/mol. The summed E-state index contributed by atoms with van der Waals surface area (Å²) < 4.78 is 12.9. The largest absolute Gasteiger partial charge is 0.356 e. The molecule has 0 bridgehead atoms. The van der Waals surface area contributed by atoms with Crippen molar-refractivity contribution in [3.8, 4) is 0 Å². The van der Waals surface area contributed by atoms with Gasteiger partial charge < -0.3 is 10.2 Å². The molecule has 0 saturated heterocycles.